The highest BCUT2D eigenvalue weighted by molar-refractivity contribution is 7.99. The van der Waals surface area contributed by atoms with Gasteiger partial charge in [-0.1, -0.05) is 19.6 Å². The number of carbonyl (C=O) groups excluding carboxylic acids is 2. The smallest absolute Gasteiger partial charge is 0.331 e. The van der Waals surface area contributed by atoms with Crippen LogP contribution in [0.2, 0.25) is 0 Å². The van der Waals surface area contributed by atoms with Crippen molar-refractivity contribution in [2.45, 2.75) is 13.3 Å². The molecule has 0 rings (SSSR count). The molecular formula is C12H18O4S. The molecule has 0 aliphatic carbocycles. The van der Waals surface area contributed by atoms with Crippen molar-refractivity contribution in [1.29, 1.82) is 0 Å². The molecule has 17 heavy (non-hydrogen) atoms. The van der Waals surface area contributed by atoms with Crippen LogP contribution in [0.1, 0.15) is 13.3 Å². The maximum Gasteiger partial charge on any atom is 0.331 e. The van der Waals surface area contributed by atoms with Crippen molar-refractivity contribution in [2.24, 2.45) is 0 Å². The van der Waals surface area contributed by atoms with E-state index in [-0.39, 0.29) is 6.61 Å². The molecule has 0 saturated heterocycles. The van der Waals surface area contributed by atoms with Crippen LogP contribution in [0.5, 0.6) is 0 Å². The summed E-state index contributed by atoms with van der Waals surface area (Å²) in [6.45, 7) is 5.98. The molecule has 0 aromatic rings. The van der Waals surface area contributed by atoms with Gasteiger partial charge in [0.1, 0.15) is 6.61 Å². The predicted molar refractivity (Wildman–Crippen MR) is 68.9 cm³/mol. The largest absolute Gasteiger partial charge is 0.462 e. The standard InChI is InChI=1S/C12H18O4S/c1-3-8-15-11(13)6-7-12(14)16-9-5-10-17-4-2/h3,6-7H,1,4-5,8-10H2,2H3/b7-6+. The van der Waals surface area contributed by atoms with Crippen molar-refractivity contribution >= 4 is 23.7 Å². The Morgan fingerprint density at radius 1 is 1.24 bits per heavy atom. The fourth-order valence-electron chi connectivity index (χ4n) is 0.851. The van der Waals surface area contributed by atoms with Gasteiger partial charge in [0.15, 0.2) is 0 Å². The van der Waals surface area contributed by atoms with Crippen LogP contribution in [-0.4, -0.2) is 36.7 Å². The Labute approximate surface area is 106 Å². The van der Waals surface area contributed by atoms with Crippen LogP contribution in [0, 0.1) is 0 Å². The van der Waals surface area contributed by atoms with E-state index in [9.17, 15) is 9.59 Å². The number of carbonyl (C=O) groups is 2. The van der Waals surface area contributed by atoms with E-state index in [1.807, 2.05) is 0 Å². The molecule has 0 aliphatic rings. The molecule has 0 amide bonds. The lowest BCUT2D eigenvalue weighted by Gasteiger charge is -2.01. The van der Waals surface area contributed by atoms with Gasteiger partial charge in [0.25, 0.3) is 0 Å². The summed E-state index contributed by atoms with van der Waals surface area (Å²) >= 11 is 1.79. The molecule has 0 heterocycles. The maximum absolute atomic E-state index is 11.1. The molecule has 0 bridgehead atoms. The Morgan fingerprint density at radius 3 is 2.47 bits per heavy atom. The minimum Gasteiger partial charge on any atom is -0.462 e. The zero-order valence-corrected chi connectivity index (χ0v) is 10.8. The van der Waals surface area contributed by atoms with Crippen LogP contribution in [-0.2, 0) is 19.1 Å². The normalized spacial score (nSPS) is 10.2. The van der Waals surface area contributed by atoms with Crippen LogP contribution in [0.25, 0.3) is 0 Å². The molecule has 0 spiro atoms. The van der Waals surface area contributed by atoms with Crippen molar-refractivity contribution in [3.05, 3.63) is 24.8 Å². The van der Waals surface area contributed by atoms with Crippen molar-refractivity contribution in [2.75, 3.05) is 24.7 Å². The maximum atomic E-state index is 11.1. The summed E-state index contributed by atoms with van der Waals surface area (Å²) < 4.78 is 9.52. The van der Waals surface area contributed by atoms with Crippen LogP contribution in [0.15, 0.2) is 24.8 Å². The summed E-state index contributed by atoms with van der Waals surface area (Å²) in [5.74, 6) is 0.920. The van der Waals surface area contributed by atoms with E-state index in [1.165, 1.54) is 6.08 Å². The third-order valence-electron chi connectivity index (χ3n) is 1.58. The highest BCUT2D eigenvalue weighted by atomic mass is 32.2. The number of hydrogen-bond acceptors (Lipinski definition) is 5. The minimum atomic E-state index is -0.580. The van der Waals surface area contributed by atoms with Gasteiger partial charge in [-0.15, -0.1) is 0 Å². The first kappa shape index (κ1) is 15.8. The summed E-state index contributed by atoms with van der Waals surface area (Å²) in [6, 6.07) is 0. The summed E-state index contributed by atoms with van der Waals surface area (Å²) in [7, 11) is 0. The topological polar surface area (TPSA) is 52.6 Å². The number of hydrogen-bond donors (Lipinski definition) is 0. The second-order valence-electron chi connectivity index (χ2n) is 2.97. The summed E-state index contributed by atoms with van der Waals surface area (Å²) in [6.07, 6.45) is 4.39. The molecule has 0 aliphatic heterocycles. The summed E-state index contributed by atoms with van der Waals surface area (Å²) in [5.41, 5.74) is 0. The Hall–Kier alpha value is -1.23. The van der Waals surface area contributed by atoms with E-state index in [0.717, 1.165) is 30.1 Å². The number of esters is 2. The second-order valence-corrected chi connectivity index (χ2v) is 4.36. The lowest BCUT2D eigenvalue weighted by molar-refractivity contribution is -0.139. The lowest BCUT2D eigenvalue weighted by Crippen LogP contribution is -2.05. The second kappa shape index (κ2) is 11.3. The third-order valence-corrected chi connectivity index (χ3v) is 2.57. The van der Waals surface area contributed by atoms with Crippen LogP contribution < -0.4 is 0 Å². The zero-order chi connectivity index (χ0) is 12.9. The number of rotatable bonds is 9. The lowest BCUT2D eigenvalue weighted by atomic mass is 10.5. The molecule has 0 atom stereocenters. The minimum absolute atomic E-state index is 0.131. The number of thioether (sulfide) groups is 1. The molecule has 0 aromatic carbocycles. The quantitative estimate of drug-likeness (QED) is 0.274. The molecule has 96 valence electrons. The molecular weight excluding hydrogens is 240 g/mol. The van der Waals surface area contributed by atoms with Gasteiger partial charge in [-0.2, -0.15) is 11.8 Å². The molecule has 0 aromatic heterocycles. The fraction of sp³-hybridized carbons (Fsp3) is 0.500. The average Bonchev–Trinajstić information content (AvgIpc) is 2.33. The summed E-state index contributed by atoms with van der Waals surface area (Å²) in [4.78, 5) is 22.1. The van der Waals surface area contributed by atoms with Crippen LogP contribution >= 0.6 is 11.8 Å². The first-order chi connectivity index (χ1) is 8.20. The van der Waals surface area contributed by atoms with Gasteiger partial charge >= 0.3 is 11.9 Å². The molecule has 0 saturated carbocycles. The molecule has 5 heteroatoms. The molecule has 0 unspecified atom stereocenters. The van der Waals surface area contributed by atoms with Gasteiger partial charge in [0.05, 0.1) is 6.61 Å². The Morgan fingerprint density at radius 2 is 1.88 bits per heavy atom. The van der Waals surface area contributed by atoms with Gasteiger partial charge in [-0.05, 0) is 17.9 Å². The number of ether oxygens (including phenoxy) is 2. The van der Waals surface area contributed by atoms with Crippen molar-refractivity contribution in [1.82, 2.24) is 0 Å². The van der Waals surface area contributed by atoms with Crippen molar-refractivity contribution < 1.29 is 19.1 Å². The highest BCUT2D eigenvalue weighted by Crippen LogP contribution is 2.00. The van der Waals surface area contributed by atoms with Crippen molar-refractivity contribution in [3.8, 4) is 0 Å². The molecule has 4 nitrogen and oxygen atoms in total. The molecule has 0 fully saturated rings. The zero-order valence-electron chi connectivity index (χ0n) is 10.0. The Balaban J connectivity index is 3.59. The van der Waals surface area contributed by atoms with Gasteiger partial charge in [0.2, 0.25) is 0 Å². The third kappa shape index (κ3) is 11.0. The van der Waals surface area contributed by atoms with E-state index in [1.54, 1.807) is 11.8 Å². The van der Waals surface area contributed by atoms with Gasteiger partial charge in [-0.3, -0.25) is 0 Å². The average molecular weight is 258 g/mol. The first-order valence-corrected chi connectivity index (χ1v) is 6.56. The van der Waals surface area contributed by atoms with Crippen molar-refractivity contribution in [3.63, 3.8) is 0 Å². The highest BCUT2D eigenvalue weighted by Gasteiger charge is 1.99. The van der Waals surface area contributed by atoms with Gasteiger partial charge < -0.3 is 9.47 Å². The van der Waals surface area contributed by atoms with E-state index < -0.39 is 11.9 Å². The predicted octanol–water partition coefficient (Wildman–Crippen LogP) is 1.96. The van der Waals surface area contributed by atoms with Gasteiger partial charge in [0, 0.05) is 12.2 Å². The Bertz CT molecular complexity index is 274. The molecule has 0 radical (unpaired) electrons. The Kier molecular flexibility index (Phi) is 10.4. The van der Waals surface area contributed by atoms with E-state index in [2.05, 4.69) is 18.2 Å². The monoisotopic (exact) mass is 258 g/mol. The summed E-state index contributed by atoms with van der Waals surface area (Å²) in [5, 5.41) is 0. The van der Waals surface area contributed by atoms with E-state index >= 15 is 0 Å². The van der Waals surface area contributed by atoms with Gasteiger partial charge in [-0.25, -0.2) is 9.59 Å². The molecule has 0 N–H and O–H groups in total. The van der Waals surface area contributed by atoms with E-state index in [0.29, 0.717) is 6.61 Å². The SMILES string of the molecule is C=CCOC(=O)/C=C/C(=O)OCCCSCC. The fourth-order valence-corrected chi connectivity index (χ4v) is 1.46. The van der Waals surface area contributed by atoms with E-state index in [4.69, 9.17) is 4.74 Å². The van der Waals surface area contributed by atoms with Crippen LogP contribution in [0.4, 0.5) is 0 Å². The van der Waals surface area contributed by atoms with Crippen LogP contribution in [0.3, 0.4) is 0 Å². The first-order valence-electron chi connectivity index (χ1n) is 5.41.